The summed E-state index contributed by atoms with van der Waals surface area (Å²) >= 11 is 0. The molecule has 2 atom stereocenters. The maximum Gasteiger partial charge on any atom is 0.132 e. The van der Waals surface area contributed by atoms with Crippen LogP contribution in [0.2, 0.25) is 0 Å². The summed E-state index contributed by atoms with van der Waals surface area (Å²) in [5.74, 6) is 1.05. The van der Waals surface area contributed by atoms with E-state index in [2.05, 4.69) is 33.9 Å². The van der Waals surface area contributed by atoms with Crippen LogP contribution >= 0.6 is 0 Å². The molecule has 90 valence electrons. The van der Waals surface area contributed by atoms with Gasteiger partial charge < -0.3 is 14.6 Å². The molecule has 5 nitrogen and oxygen atoms in total. The summed E-state index contributed by atoms with van der Waals surface area (Å²) in [6, 6.07) is 0.501. The predicted molar refractivity (Wildman–Crippen MR) is 61.2 cm³/mol. The average Bonchev–Trinajstić information content (AvgIpc) is 2.88. The maximum absolute atomic E-state index is 5.50. The van der Waals surface area contributed by atoms with Crippen LogP contribution in [-0.4, -0.2) is 40.1 Å². The number of nitrogens with one attached hydrogen (secondary N) is 1. The van der Waals surface area contributed by atoms with E-state index >= 15 is 0 Å². The summed E-state index contributed by atoms with van der Waals surface area (Å²) in [6.07, 6.45) is 4.19. The van der Waals surface area contributed by atoms with Crippen molar-refractivity contribution in [1.29, 1.82) is 0 Å². The van der Waals surface area contributed by atoms with E-state index in [1.165, 1.54) is 0 Å². The fourth-order valence-electron chi connectivity index (χ4n) is 2.11. The number of ether oxygens (including phenoxy) is 1. The first-order chi connectivity index (χ1) is 7.81. The number of hydrogen-bond donors (Lipinski definition) is 1. The summed E-state index contributed by atoms with van der Waals surface area (Å²) in [5, 5.41) is 11.5. The second kappa shape index (κ2) is 5.41. The highest BCUT2D eigenvalue weighted by Crippen LogP contribution is 2.12. The number of nitrogens with zero attached hydrogens (tertiary/aromatic N) is 3. The molecule has 1 aliphatic rings. The van der Waals surface area contributed by atoms with E-state index in [-0.39, 0.29) is 0 Å². The highest BCUT2D eigenvalue weighted by Gasteiger charge is 2.23. The molecule has 0 aromatic carbocycles. The molecule has 2 heterocycles. The summed E-state index contributed by atoms with van der Waals surface area (Å²) in [5.41, 5.74) is 0. The second-order valence-electron chi connectivity index (χ2n) is 4.22. The van der Waals surface area contributed by atoms with Crippen LogP contribution in [0.15, 0.2) is 6.33 Å². The van der Waals surface area contributed by atoms with Crippen LogP contribution in [-0.2, 0) is 17.7 Å². The summed E-state index contributed by atoms with van der Waals surface area (Å²) in [4.78, 5) is 0. The van der Waals surface area contributed by atoms with Crippen LogP contribution in [0.25, 0.3) is 0 Å². The molecule has 1 saturated heterocycles. The van der Waals surface area contributed by atoms with E-state index in [1.807, 2.05) is 0 Å². The minimum absolute atomic E-state index is 0.339. The Labute approximate surface area is 96.2 Å². The molecule has 0 amide bonds. The monoisotopic (exact) mass is 224 g/mol. The van der Waals surface area contributed by atoms with Gasteiger partial charge in [-0.1, -0.05) is 6.92 Å². The third-order valence-corrected chi connectivity index (χ3v) is 3.15. The SMILES string of the molecule is CCc1nncn1CCNC1CCOC1C. The lowest BCUT2D eigenvalue weighted by Crippen LogP contribution is -2.36. The maximum atomic E-state index is 5.50. The number of rotatable bonds is 5. The lowest BCUT2D eigenvalue weighted by molar-refractivity contribution is 0.113. The van der Waals surface area contributed by atoms with Crippen molar-refractivity contribution < 1.29 is 4.74 Å². The molecule has 16 heavy (non-hydrogen) atoms. The van der Waals surface area contributed by atoms with E-state index in [0.717, 1.165) is 38.4 Å². The van der Waals surface area contributed by atoms with Crippen LogP contribution in [0.5, 0.6) is 0 Å². The smallest absolute Gasteiger partial charge is 0.132 e. The Hall–Kier alpha value is -0.940. The fraction of sp³-hybridized carbons (Fsp3) is 0.818. The molecule has 0 spiro atoms. The molecule has 1 aliphatic heterocycles. The Bertz CT molecular complexity index is 326. The zero-order valence-corrected chi connectivity index (χ0v) is 10.0. The molecular formula is C11H20N4O. The van der Waals surface area contributed by atoms with Crippen molar-refractivity contribution in [3.63, 3.8) is 0 Å². The van der Waals surface area contributed by atoms with Gasteiger partial charge in [0.05, 0.1) is 6.10 Å². The highest BCUT2D eigenvalue weighted by molar-refractivity contribution is 4.85. The minimum atomic E-state index is 0.339. The van der Waals surface area contributed by atoms with Gasteiger partial charge in [0, 0.05) is 32.2 Å². The van der Waals surface area contributed by atoms with Crippen LogP contribution in [0.3, 0.4) is 0 Å². The first kappa shape index (κ1) is 11.5. The van der Waals surface area contributed by atoms with Gasteiger partial charge in [-0.2, -0.15) is 0 Å². The van der Waals surface area contributed by atoms with Crippen molar-refractivity contribution in [2.45, 2.75) is 45.4 Å². The average molecular weight is 224 g/mol. The molecule has 2 unspecified atom stereocenters. The Balaban J connectivity index is 1.75. The zero-order chi connectivity index (χ0) is 11.4. The van der Waals surface area contributed by atoms with Crippen LogP contribution in [0, 0.1) is 0 Å². The van der Waals surface area contributed by atoms with Crippen molar-refractivity contribution in [2.24, 2.45) is 0 Å². The van der Waals surface area contributed by atoms with Gasteiger partial charge in [-0.25, -0.2) is 0 Å². The largest absolute Gasteiger partial charge is 0.377 e. The first-order valence-electron chi connectivity index (χ1n) is 6.03. The second-order valence-corrected chi connectivity index (χ2v) is 4.22. The third kappa shape index (κ3) is 2.59. The predicted octanol–water partition coefficient (Wildman–Crippen LogP) is 0.608. The Kier molecular flexibility index (Phi) is 3.90. The van der Waals surface area contributed by atoms with Crippen molar-refractivity contribution in [1.82, 2.24) is 20.1 Å². The van der Waals surface area contributed by atoms with Crippen LogP contribution in [0.1, 0.15) is 26.1 Å². The summed E-state index contributed by atoms with van der Waals surface area (Å²) < 4.78 is 7.61. The molecule has 1 N–H and O–H groups in total. The molecule has 0 bridgehead atoms. The van der Waals surface area contributed by atoms with E-state index in [0.29, 0.717) is 12.1 Å². The fourth-order valence-corrected chi connectivity index (χ4v) is 2.11. The number of aromatic nitrogens is 3. The Morgan fingerprint density at radius 2 is 2.50 bits per heavy atom. The van der Waals surface area contributed by atoms with Gasteiger partial charge in [0.15, 0.2) is 0 Å². The lowest BCUT2D eigenvalue weighted by atomic mass is 10.1. The Morgan fingerprint density at radius 1 is 1.62 bits per heavy atom. The molecule has 1 aromatic heterocycles. The standard InChI is InChI=1S/C11H20N4O/c1-3-11-14-13-8-15(11)6-5-12-10-4-7-16-9(10)2/h8-10,12H,3-7H2,1-2H3. The molecule has 1 fully saturated rings. The van der Waals surface area contributed by atoms with Gasteiger partial charge >= 0.3 is 0 Å². The number of aryl methyl sites for hydroxylation is 1. The molecule has 0 saturated carbocycles. The summed E-state index contributed by atoms with van der Waals surface area (Å²) in [6.45, 7) is 6.98. The van der Waals surface area contributed by atoms with E-state index in [9.17, 15) is 0 Å². The highest BCUT2D eigenvalue weighted by atomic mass is 16.5. The molecule has 0 radical (unpaired) electrons. The zero-order valence-electron chi connectivity index (χ0n) is 10.0. The van der Waals surface area contributed by atoms with Gasteiger partial charge in [-0.15, -0.1) is 10.2 Å². The molecular weight excluding hydrogens is 204 g/mol. The quantitative estimate of drug-likeness (QED) is 0.796. The number of hydrogen-bond acceptors (Lipinski definition) is 4. The lowest BCUT2D eigenvalue weighted by Gasteiger charge is -2.16. The molecule has 2 rings (SSSR count). The summed E-state index contributed by atoms with van der Waals surface area (Å²) in [7, 11) is 0. The van der Waals surface area contributed by atoms with Gasteiger partial charge in [0.2, 0.25) is 0 Å². The van der Waals surface area contributed by atoms with Crippen LogP contribution in [0.4, 0.5) is 0 Å². The third-order valence-electron chi connectivity index (χ3n) is 3.15. The van der Waals surface area contributed by atoms with Crippen LogP contribution < -0.4 is 5.32 Å². The van der Waals surface area contributed by atoms with E-state index in [1.54, 1.807) is 6.33 Å². The van der Waals surface area contributed by atoms with Gasteiger partial charge in [-0.3, -0.25) is 0 Å². The molecule has 5 heteroatoms. The molecule has 1 aromatic rings. The van der Waals surface area contributed by atoms with Crippen molar-refractivity contribution in [2.75, 3.05) is 13.2 Å². The van der Waals surface area contributed by atoms with Crippen molar-refractivity contribution >= 4 is 0 Å². The van der Waals surface area contributed by atoms with E-state index in [4.69, 9.17) is 4.74 Å². The topological polar surface area (TPSA) is 52.0 Å². The van der Waals surface area contributed by atoms with Crippen molar-refractivity contribution in [3.8, 4) is 0 Å². The first-order valence-corrected chi connectivity index (χ1v) is 6.03. The van der Waals surface area contributed by atoms with E-state index < -0.39 is 0 Å². The van der Waals surface area contributed by atoms with Gasteiger partial charge in [0.25, 0.3) is 0 Å². The Morgan fingerprint density at radius 3 is 3.19 bits per heavy atom. The molecule has 0 aliphatic carbocycles. The minimum Gasteiger partial charge on any atom is -0.377 e. The van der Waals surface area contributed by atoms with Gasteiger partial charge in [0.1, 0.15) is 12.2 Å². The van der Waals surface area contributed by atoms with Gasteiger partial charge in [-0.05, 0) is 13.3 Å². The normalized spacial score (nSPS) is 25.1. The van der Waals surface area contributed by atoms with Crippen molar-refractivity contribution in [3.05, 3.63) is 12.2 Å².